The van der Waals surface area contributed by atoms with E-state index in [4.69, 9.17) is 0 Å². The molecule has 3 heteroatoms. The fourth-order valence-corrected chi connectivity index (χ4v) is 2.21. The van der Waals surface area contributed by atoms with E-state index in [0.717, 1.165) is 24.1 Å². The monoisotopic (exact) mass is 298 g/mol. The van der Waals surface area contributed by atoms with E-state index in [1.807, 2.05) is 0 Å². The van der Waals surface area contributed by atoms with Crippen molar-refractivity contribution in [2.75, 3.05) is 20.1 Å². The molecule has 0 saturated heterocycles. The van der Waals surface area contributed by atoms with Crippen molar-refractivity contribution in [1.29, 1.82) is 0 Å². The predicted molar refractivity (Wildman–Crippen MR) is 78.2 cm³/mol. The van der Waals surface area contributed by atoms with Gasteiger partial charge in [-0.3, -0.25) is 0 Å². The van der Waals surface area contributed by atoms with Crippen molar-refractivity contribution >= 4 is 15.9 Å². The van der Waals surface area contributed by atoms with Gasteiger partial charge in [0.2, 0.25) is 0 Å². The predicted octanol–water partition coefficient (Wildman–Crippen LogP) is 3.27. The lowest BCUT2D eigenvalue weighted by molar-refractivity contribution is 0.318. The highest BCUT2D eigenvalue weighted by molar-refractivity contribution is 9.10. The smallest absolute Gasteiger partial charge is 0.0231 e. The number of hydrogen-bond acceptors (Lipinski definition) is 2. The summed E-state index contributed by atoms with van der Waals surface area (Å²) in [5.41, 5.74) is 1.36. The zero-order chi connectivity index (χ0) is 12.7. The van der Waals surface area contributed by atoms with Gasteiger partial charge in [-0.15, -0.1) is 0 Å². The summed E-state index contributed by atoms with van der Waals surface area (Å²) in [4.78, 5) is 2.36. The SMILES string of the molecule is CC(C)NCCCN(C)Cc1cccc(Br)c1. The summed E-state index contributed by atoms with van der Waals surface area (Å²) in [5, 5.41) is 3.44. The Morgan fingerprint density at radius 2 is 2.12 bits per heavy atom. The molecule has 1 aromatic carbocycles. The molecule has 0 saturated carbocycles. The molecule has 0 bridgehead atoms. The Balaban J connectivity index is 2.23. The molecule has 17 heavy (non-hydrogen) atoms. The first-order chi connectivity index (χ1) is 8.08. The Morgan fingerprint density at radius 3 is 2.76 bits per heavy atom. The lowest BCUT2D eigenvalue weighted by Gasteiger charge is -2.17. The minimum absolute atomic E-state index is 0.588. The largest absolute Gasteiger partial charge is 0.314 e. The molecule has 0 aromatic heterocycles. The molecule has 1 N–H and O–H groups in total. The van der Waals surface area contributed by atoms with Crippen molar-refractivity contribution in [3.05, 3.63) is 34.3 Å². The summed E-state index contributed by atoms with van der Waals surface area (Å²) >= 11 is 3.50. The molecule has 0 atom stereocenters. The van der Waals surface area contributed by atoms with Gasteiger partial charge in [0.1, 0.15) is 0 Å². The van der Waals surface area contributed by atoms with Crippen molar-refractivity contribution in [1.82, 2.24) is 10.2 Å². The summed E-state index contributed by atoms with van der Waals surface area (Å²) in [6, 6.07) is 9.10. The summed E-state index contributed by atoms with van der Waals surface area (Å²) in [7, 11) is 2.18. The van der Waals surface area contributed by atoms with E-state index in [2.05, 4.69) is 71.3 Å². The van der Waals surface area contributed by atoms with Crippen LogP contribution in [0.5, 0.6) is 0 Å². The zero-order valence-electron chi connectivity index (χ0n) is 11.0. The molecule has 0 radical (unpaired) electrons. The van der Waals surface area contributed by atoms with Crippen LogP contribution in [0.25, 0.3) is 0 Å². The highest BCUT2D eigenvalue weighted by Crippen LogP contribution is 2.12. The van der Waals surface area contributed by atoms with Gasteiger partial charge in [0, 0.05) is 17.1 Å². The number of nitrogens with one attached hydrogen (secondary N) is 1. The maximum atomic E-state index is 3.50. The fourth-order valence-electron chi connectivity index (χ4n) is 1.77. The highest BCUT2D eigenvalue weighted by atomic mass is 79.9. The van der Waals surface area contributed by atoms with E-state index in [-0.39, 0.29) is 0 Å². The van der Waals surface area contributed by atoms with Crippen molar-refractivity contribution < 1.29 is 0 Å². The second kappa shape index (κ2) is 7.85. The van der Waals surface area contributed by atoms with Gasteiger partial charge in [-0.25, -0.2) is 0 Å². The second-order valence-electron chi connectivity index (χ2n) is 4.83. The van der Waals surface area contributed by atoms with Crippen LogP contribution in [-0.4, -0.2) is 31.1 Å². The molecule has 0 spiro atoms. The number of nitrogens with zero attached hydrogens (tertiary/aromatic N) is 1. The topological polar surface area (TPSA) is 15.3 Å². The Labute approximate surface area is 114 Å². The van der Waals surface area contributed by atoms with Crippen LogP contribution < -0.4 is 5.32 Å². The Bertz CT molecular complexity index is 326. The molecular weight excluding hydrogens is 276 g/mol. The van der Waals surface area contributed by atoms with Crippen molar-refractivity contribution in [3.63, 3.8) is 0 Å². The third-order valence-electron chi connectivity index (χ3n) is 2.61. The van der Waals surface area contributed by atoms with Crippen LogP contribution in [0.15, 0.2) is 28.7 Å². The number of hydrogen-bond donors (Lipinski definition) is 1. The van der Waals surface area contributed by atoms with Crippen molar-refractivity contribution in [2.24, 2.45) is 0 Å². The van der Waals surface area contributed by atoms with Crippen LogP contribution in [0.3, 0.4) is 0 Å². The van der Waals surface area contributed by atoms with Crippen molar-refractivity contribution in [2.45, 2.75) is 32.9 Å². The number of rotatable bonds is 7. The van der Waals surface area contributed by atoms with Crippen LogP contribution in [0.1, 0.15) is 25.8 Å². The normalized spacial score (nSPS) is 11.4. The first-order valence-corrected chi connectivity index (χ1v) is 7.03. The average molecular weight is 299 g/mol. The first kappa shape index (κ1) is 14.7. The summed E-state index contributed by atoms with van der Waals surface area (Å²) in [6.07, 6.45) is 1.20. The van der Waals surface area contributed by atoms with Gasteiger partial charge in [0.05, 0.1) is 0 Å². The van der Waals surface area contributed by atoms with E-state index < -0.39 is 0 Å². The van der Waals surface area contributed by atoms with Crippen LogP contribution >= 0.6 is 15.9 Å². The van der Waals surface area contributed by atoms with E-state index in [1.165, 1.54) is 12.0 Å². The van der Waals surface area contributed by atoms with Gasteiger partial charge >= 0.3 is 0 Å². The molecule has 0 unspecified atom stereocenters. The number of halogens is 1. The van der Waals surface area contributed by atoms with Gasteiger partial charge < -0.3 is 10.2 Å². The Kier molecular flexibility index (Phi) is 6.78. The molecule has 1 aromatic rings. The minimum atomic E-state index is 0.588. The van der Waals surface area contributed by atoms with Crippen molar-refractivity contribution in [3.8, 4) is 0 Å². The molecule has 0 aliphatic heterocycles. The molecule has 0 aliphatic rings. The highest BCUT2D eigenvalue weighted by Gasteiger charge is 2.01. The zero-order valence-corrected chi connectivity index (χ0v) is 12.6. The second-order valence-corrected chi connectivity index (χ2v) is 5.75. The van der Waals surface area contributed by atoms with Gasteiger partial charge in [-0.05, 0) is 44.3 Å². The fraction of sp³-hybridized carbons (Fsp3) is 0.571. The van der Waals surface area contributed by atoms with E-state index in [0.29, 0.717) is 6.04 Å². The molecule has 96 valence electrons. The molecule has 0 fully saturated rings. The summed E-state index contributed by atoms with van der Waals surface area (Å²) in [6.45, 7) is 7.62. The molecule has 0 aliphatic carbocycles. The minimum Gasteiger partial charge on any atom is -0.314 e. The molecule has 0 amide bonds. The molecule has 0 heterocycles. The average Bonchev–Trinajstić information content (AvgIpc) is 2.24. The van der Waals surface area contributed by atoms with Crippen LogP contribution in [0.4, 0.5) is 0 Å². The van der Waals surface area contributed by atoms with E-state index in [1.54, 1.807) is 0 Å². The lowest BCUT2D eigenvalue weighted by Crippen LogP contribution is -2.27. The Hall–Kier alpha value is -0.380. The maximum Gasteiger partial charge on any atom is 0.0231 e. The van der Waals surface area contributed by atoms with Gasteiger partial charge in [0.25, 0.3) is 0 Å². The van der Waals surface area contributed by atoms with Gasteiger partial charge in [-0.2, -0.15) is 0 Å². The van der Waals surface area contributed by atoms with Crippen LogP contribution in [-0.2, 0) is 6.54 Å². The summed E-state index contributed by atoms with van der Waals surface area (Å²) in [5.74, 6) is 0. The first-order valence-electron chi connectivity index (χ1n) is 6.24. The standard InChI is InChI=1S/C14H23BrN2/c1-12(2)16-8-5-9-17(3)11-13-6-4-7-14(15)10-13/h4,6-7,10,12,16H,5,8-9,11H2,1-3H3. The van der Waals surface area contributed by atoms with E-state index in [9.17, 15) is 0 Å². The number of benzene rings is 1. The van der Waals surface area contributed by atoms with Crippen LogP contribution in [0.2, 0.25) is 0 Å². The third-order valence-corrected chi connectivity index (χ3v) is 3.10. The molecular formula is C14H23BrN2. The maximum absolute atomic E-state index is 3.50. The summed E-state index contributed by atoms with van der Waals surface area (Å²) < 4.78 is 1.16. The molecule has 2 nitrogen and oxygen atoms in total. The van der Waals surface area contributed by atoms with Gasteiger partial charge in [-0.1, -0.05) is 41.9 Å². The van der Waals surface area contributed by atoms with Gasteiger partial charge in [0.15, 0.2) is 0 Å². The van der Waals surface area contributed by atoms with E-state index >= 15 is 0 Å². The lowest BCUT2D eigenvalue weighted by atomic mass is 10.2. The quantitative estimate of drug-likeness (QED) is 0.777. The van der Waals surface area contributed by atoms with Crippen LogP contribution in [0, 0.1) is 0 Å². The Morgan fingerprint density at radius 1 is 1.35 bits per heavy atom. The molecule has 1 rings (SSSR count). The third kappa shape index (κ3) is 6.81.